The number of imidazole rings is 1. The van der Waals surface area contributed by atoms with Crippen LogP contribution in [0.3, 0.4) is 0 Å². The molecule has 1 aromatic heterocycles. The zero-order chi connectivity index (χ0) is 14.7. The normalized spacial score (nSPS) is 19.1. The Hall–Kier alpha value is -1.49. The number of nitrogens with zero attached hydrogens (tertiary/aromatic N) is 2. The number of benzene rings is 1. The van der Waals surface area contributed by atoms with E-state index in [1.807, 2.05) is 24.3 Å². The van der Waals surface area contributed by atoms with E-state index >= 15 is 0 Å². The molecule has 112 valence electrons. The molecule has 1 fully saturated rings. The molecule has 21 heavy (non-hydrogen) atoms. The van der Waals surface area contributed by atoms with Gasteiger partial charge in [-0.3, -0.25) is 4.79 Å². The molecule has 0 aliphatic carbocycles. The van der Waals surface area contributed by atoms with Gasteiger partial charge in [-0.1, -0.05) is 30.8 Å². The van der Waals surface area contributed by atoms with E-state index in [2.05, 4.69) is 21.8 Å². The lowest BCUT2D eigenvalue weighted by atomic mass is 10.0. The highest BCUT2D eigenvalue weighted by molar-refractivity contribution is 7.99. The number of carbonyl (C=O) groups excluding carboxylic acids is 1. The Labute approximate surface area is 129 Å². The van der Waals surface area contributed by atoms with Crippen LogP contribution in [0.2, 0.25) is 0 Å². The molecular weight excluding hydrogens is 282 g/mol. The molecule has 1 saturated heterocycles. The maximum absolute atomic E-state index is 12.4. The van der Waals surface area contributed by atoms with Crippen molar-refractivity contribution in [1.82, 2.24) is 14.9 Å². The smallest absolute Gasteiger partial charge is 0.233 e. The predicted octanol–water partition coefficient (Wildman–Crippen LogP) is 3.45. The highest BCUT2D eigenvalue weighted by Crippen LogP contribution is 2.23. The predicted molar refractivity (Wildman–Crippen MR) is 86.5 cm³/mol. The van der Waals surface area contributed by atoms with Crippen LogP contribution in [-0.2, 0) is 4.79 Å². The summed E-state index contributed by atoms with van der Waals surface area (Å²) < 4.78 is 0. The molecule has 1 aliphatic rings. The van der Waals surface area contributed by atoms with Gasteiger partial charge < -0.3 is 9.88 Å². The minimum Gasteiger partial charge on any atom is -0.339 e. The van der Waals surface area contributed by atoms with Gasteiger partial charge in [-0.2, -0.15) is 0 Å². The van der Waals surface area contributed by atoms with E-state index in [0.717, 1.165) is 42.0 Å². The van der Waals surface area contributed by atoms with Gasteiger partial charge in [0, 0.05) is 12.6 Å². The van der Waals surface area contributed by atoms with E-state index in [0.29, 0.717) is 11.8 Å². The topological polar surface area (TPSA) is 49.0 Å². The van der Waals surface area contributed by atoms with Crippen LogP contribution in [0.15, 0.2) is 29.4 Å². The van der Waals surface area contributed by atoms with E-state index in [4.69, 9.17) is 0 Å². The van der Waals surface area contributed by atoms with Gasteiger partial charge in [-0.05, 0) is 37.8 Å². The van der Waals surface area contributed by atoms with Gasteiger partial charge >= 0.3 is 0 Å². The molecule has 2 aromatic rings. The molecule has 0 unspecified atom stereocenters. The van der Waals surface area contributed by atoms with Gasteiger partial charge in [-0.25, -0.2) is 4.98 Å². The first kappa shape index (κ1) is 14.4. The number of aromatic nitrogens is 2. The lowest BCUT2D eigenvalue weighted by molar-refractivity contribution is -0.132. The number of hydrogen-bond donors (Lipinski definition) is 1. The lowest BCUT2D eigenvalue weighted by Crippen LogP contribution is -2.44. The maximum atomic E-state index is 12.4. The number of para-hydroxylation sites is 2. The summed E-state index contributed by atoms with van der Waals surface area (Å²) >= 11 is 1.50. The van der Waals surface area contributed by atoms with Crippen molar-refractivity contribution in [3.8, 4) is 0 Å². The van der Waals surface area contributed by atoms with Gasteiger partial charge in [0.15, 0.2) is 5.16 Å². The van der Waals surface area contributed by atoms with Crippen molar-refractivity contribution in [2.75, 3.05) is 12.3 Å². The molecule has 5 heteroatoms. The fourth-order valence-corrected chi connectivity index (χ4v) is 3.74. The second-order valence-corrected chi connectivity index (χ2v) is 6.46. The standard InChI is InChI=1S/C16H21N3OS/c1-2-12-7-5-6-10-19(12)15(20)11-21-16-17-13-8-3-4-9-14(13)18-16/h3-4,8-9,12H,2,5-7,10-11H2,1H3,(H,17,18)/t12-/m1/s1. The molecule has 0 spiro atoms. The van der Waals surface area contributed by atoms with Crippen LogP contribution in [0.25, 0.3) is 11.0 Å². The minimum atomic E-state index is 0.243. The SMILES string of the molecule is CC[C@@H]1CCCCN1C(=O)CSc1nc2ccccc2[nH]1. The average molecular weight is 303 g/mol. The molecule has 1 aliphatic heterocycles. The number of aromatic amines is 1. The van der Waals surface area contributed by atoms with Crippen LogP contribution in [0.5, 0.6) is 0 Å². The summed E-state index contributed by atoms with van der Waals surface area (Å²) in [5.41, 5.74) is 1.98. The average Bonchev–Trinajstić information content (AvgIpc) is 2.95. The van der Waals surface area contributed by atoms with Gasteiger partial charge in [0.25, 0.3) is 0 Å². The van der Waals surface area contributed by atoms with Crippen molar-refractivity contribution in [3.05, 3.63) is 24.3 Å². The molecule has 1 amide bonds. The van der Waals surface area contributed by atoms with Gasteiger partial charge in [0.1, 0.15) is 0 Å². The van der Waals surface area contributed by atoms with Crippen LogP contribution in [0.1, 0.15) is 32.6 Å². The second kappa shape index (κ2) is 6.52. The first-order valence-electron chi connectivity index (χ1n) is 7.65. The monoisotopic (exact) mass is 303 g/mol. The largest absolute Gasteiger partial charge is 0.339 e. The second-order valence-electron chi connectivity index (χ2n) is 5.49. The lowest BCUT2D eigenvalue weighted by Gasteiger charge is -2.35. The number of rotatable bonds is 4. The van der Waals surface area contributed by atoms with Crippen molar-refractivity contribution in [1.29, 1.82) is 0 Å². The van der Waals surface area contributed by atoms with E-state index in [-0.39, 0.29) is 5.91 Å². The molecule has 1 aromatic carbocycles. The van der Waals surface area contributed by atoms with Gasteiger partial charge in [0.05, 0.1) is 16.8 Å². The Morgan fingerprint density at radius 1 is 1.43 bits per heavy atom. The Morgan fingerprint density at radius 3 is 3.10 bits per heavy atom. The highest BCUT2D eigenvalue weighted by atomic mass is 32.2. The van der Waals surface area contributed by atoms with E-state index in [9.17, 15) is 4.79 Å². The molecule has 2 heterocycles. The summed E-state index contributed by atoms with van der Waals surface area (Å²) in [5.74, 6) is 0.711. The Bertz CT molecular complexity index is 592. The molecule has 1 N–H and O–H groups in total. The molecule has 4 nitrogen and oxygen atoms in total. The fourth-order valence-electron chi connectivity index (χ4n) is 2.96. The summed E-state index contributed by atoms with van der Waals surface area (Å²) in [4.78, 5) is 22.3. The van der Waals surface area contributed by atoms with Crippen LogP contribution in [-0.4, -0.2) is 39.1 Å². The van der Waals surface area contributed by atoms with Crippen molar-refractivity contribution >= 4 is 28.7 Å². The van der Waals surface area contributed by atoms with Crippen LogP contribution in [0.4, 0.5) is 0 Å². The number of carbonyl (C=O) groups is 1. The summed E-state index contributed by atoms with van der Waals surface area (Å²) in [6.07, 6.45) is 4.59. The van der Waals surface area contributed by atoms with Crippen molar-refractivity contribution in [2.24, 2.45) is 0 Å². The van der Waals surface area contributed by atoms with E-state index < -0.39 is 0 Å². The van der Waals surface area contributed by atoms with Crippen LogP contribution in [0, 0.1) is 0 Å². The van der Waals surface area contributed by atoms with E-state index in [1.54, 1.807) is 0 Å². The van der Waals surface area contributed by atoms with Crippen LogP contribution >= 0.6 is 11.8 Å². The fraction of sp³-hybridized carbons (Fsp3) is 0.500. The number of thioether (sulfide) groups is 1. The zero-order valence-corrected chi connectivity index (χ0v) is 13.2. The Morgan fingerprint density at radius 2 is 2.29 bits per heavy atom. The number of amides is 1. The molecule has 0 radical (unpaired) electrons. The Balaban J connectivity index is 1.62. The third-order valence-electron chi connectivity index (χ3n) is 4.12. The summed E-state index contributed by atoms with van der Waals surface area (Å²) in [6.45, 7) is 3.08. The van der Waals surface area contributed by atoms with Crippen molar-refractivity contribution in [3.63, 3.8) is 0 Å². The van der Waals surface area contributed by atoms with E-state index in [1.165, 1.54) is 18.2 Å². The number of likely N-dealkylation sites (tertiary alicyclic amines) is 1. The number of H-pyrrole nitrogens is 1. The third-order valence-corrected chi connectivity index (χ3v) is 4.98. The molecule has 3 rings (SSSR count). The first-order valence-corrected chi connectivity index (χ1v) is 8.63. The Kier molecular flexibility index (Phi) is 4.48. The molecule has 0 saturated carbocycles. The molecular formula is C16H21N3OS. The third kappa shape index (κ3) is 3.23. The van der Waals surface area contributed by atoms with Crippen molar-refractivity contribution < 1.29 is 4.79 Å². The number of hydrogen-bond acceptors (Lipinski definition) is 3. The molecule has 1 atom stereocenters. The number of nitrogens with one attached hydrogen (secondary N) is 1. The minimum absolute atomic E-state index is 0.243. The zero-order valence-electron chi connectivity index (χ0n) is 12.3. The van der Waals surface area contributed by atoms with Gasteiger partial charge in [0.2, 0.25) is 5.91 Å². The summed E-state index contributed by atoms with van der Waals surface area (Å²) in [6, 6.07) is 8.38. The quantitative estimate of drug-likeness (QED) is 0.880. The molecule has 0 bridgehead atoms. The van der Waals surface area contributed by atoms with Gasteiger partial charge in [-0.15, -0.1) is 0 Å². The summed E-state index contributed by atoms with van der Waals surface area (Å²) in [5, 5.41) is 0.828. The maximum Gasteiger partial charge on any atom is 0.233 e. The van der Waals surface area contributed by atoms with Crippen molar-refractivity contribution in [2.45, 2.75) is 43.8 Å². The number of piperidine rings is 1. The van der Waals surface area contributed by atoms with Crippen LogP contribution < -0.4 is 0 Å². The number of fused-ring (bicyclic) bond motifs is 1. The highest BCUT2D eigenvalue weighted by Gasteiger charge is 2.25. The summed E-state index contributed by atoms with van der Waals surface area (Å²) in [7, 11) is 0. The first-order chi connectivity index (χ1) is 10.3.